The molecule has 17 N–H and O–H groups in total. The molecule has 20 nitrogen and oxygen atoms in total. The number of H-pyrrole nitrogens is 1. The van der Waals surface area contributed by atoms with Crippen LogP contribution in [0.15, 0.2) is 52.8 Å². The standard InChI is InChI=1S/C30H47N13O7/c31-19(8-4-10-37-29(32)33)24(45)43-23(15-44)27(48)40-20(9-5-11-38-30(34)35)25(46)41-21(13-18-14-36-16-39-18)26(47)42-22(28(49)50)12-17-6-2-1-3-7-17/h1-3,6-7,14,16,19-23,44H,4-5,8-13,15,31H2,(H,36,39)(H,40,48)(H,41,46)(H,42,47)(H,43,45)(H,49,50)(H4,32,33,37)(H4,34,35,38)/t19-,20-,21-,22-,23-/m0/s1. The average molecular weight is 702 g/mol. The first kappa shape index (κ1) is 40.4. The van der Waals surface area contributed by atoms with Crippen molar-refractivity contribution in [2.75, 3.05) is 19.7 Å². The number of benzene rings is 1. The van der Waals surface area contributed by atoms with E-state index in [-0.39, 0.29) is 57.1 Å². The molecule has 1 aromatic carbocycles. The maximum atomic E-state index is 13.7. The van der Waals surface area contributed by atoms with E-state index in [1.807, 2.05) is 0 Å². The van der Waals surface area contributed by atoms with Gasteiger partial charge in [0.1, 0.15) is 24.2 Å². The lowest BCUT2D eigenvalue weighted by atomic mass is 10.0. The number of nitrogens with two attached hydrogens (primary N) is 5. The second-order valence-electron chi connectivity index (χ2n) is 11.2. The number of nitrogens with zero attached hydrogens (tertiary/aromatic N) is 3. The van der Waals surface area contributed by atoms with E-state index in [0.717, 1.165) is 0 Å². The Bertz CT molecular complexity index is 1450. The van der Waals surface area contributed by atoms with Gasteiger partial charge >= 0.3 is 5.97 Å². The van der Waals surface area contributed by atoms with Crippen molar-refractivity contribution in [3.05, 3.63) is 54.1 Å². The highest BCUT2D eigenvalue weighted by molar-refractivity contribution is 5.95. The number of aliphatic hydroxyl groups excluding tert-OH is 1. The van der Waals surface area contributed by atoms with Gasteiger partial charge < -0.3 is 65.1 Å². The molecule has 0 radical (unpaired) electrons. The Labute approximate surface area is 288 Å². The summed E-state index contributed by atoms with van der Waals surface area (Å²) in [4.78, 5) is 79.5. The predicted octanol–water partition coefficient (Wildman–Crippen LogP) is -4.35. The summed E-state index contributed by atoms with van der Waals surface area (Å²) in [6.07, 6.45) is 3.37. The first-order valence-corrected chi connectivity index (χ1v) is 15.7. The molecular formula is C30H47N13O7. The van der Waals surface area contributed by atoms with E-state index in [1.54, 1.807) is 30.3 Å². The molecule has 0 aliphatic heterocycles. The first-order chi connectivity index (χ1) is 23.8. The molecule has 0 saturated carbocycles. The monoisotopic (exact) mass is 701 g/mol. The fourth-order valence-corrected chi connectivity index (χ4v) is 4.59. The zero-order valence-corrected chi connectivity index (χ0v) is 27.5. The summed E-state index contributed by atoms with van der Waals surface area (Å²) in [5.74, 6) is -4.88. The molecule has 0 unspecified atom stereocenters. The SMILES string of the molecule is NC(N)=NCCC[C@H](NC(=O)[C@H](CO)NC(=O)[C@@H](N)CCCN=C(N)N)C(=O)N[C@@H](Cc1cnc[nH]1)C(=O)N[C@@H](Cc1ccccc1)C(=O)O. The third kappa shape index (κ3) is 15.0. The van der Waals surface area contributed by atoms with Gasteiger partial charge in [-0.2, -0.15) is 0 Å². The van der Waals surface area contributed by atoms with Crippen molar-refractivity contribution in [2.24, 2.45) is 38.7 Å². The number of carbonyl (C=O) groups is 5. The maximum Gasteiger partial charge on any atom is 0.326 e. The van der Waals surface area contributed by atoms with E-state index in [1.165, 1.54) is 12.5 Å². The van der Waals surface area contributed by atoms with E-state index in [4.69, 9.17) is 28.7 Å². The van der Waals surface area contributed by atoms with Crippen LogP contribution in [0, 0.1) is 0 Å². The zero-order valence-electron chi connectivity index (χ0n) is 27.5. The van der Waals surface area contributed by atoms with Gasteiger partial charge in [-0.3, -0.25) is 29.2 Å². The second-order valence-corrected chi connectivity index (χ2v) is 11.2. The summed E-state index contributed by atoms with van der Waals surface area (Å²) in [7, 11) is 0. The summed E-state index contributed by atoms with van der Waals surface area (Å²) in [6.45, 7) is -0.509. The average Bonchev–Trinajstić information content (AvgIpc) is 3.59. The van der Waals surface area contributed by atoms with Crippen molar-refractivity contribution >= 4 is 41.5 Å². The largest absolute Gasteiger partial charge is 0.480 e. The van der Waals surface area contributed by atoms with Crippen molar-refractivity contribution < 1.29 is 34.2 Å². The highest BCUT2D eigenvalue weighted by Crippen LogP contribution is 2.08. The summed E-state index contributed by atoms with van der Waals surface area (Å²) in [6, 6.07) is 2.17. The number of hydrogen-bond donors (Lipinski definition) is 12. The minimum absolute atomic E-state index is 0.0235. The molecule has 0 spiro atoms. The van der Waals surface area contributed by atoms with Crippen molar-refractivity contribution in [2.45, 2.75) is 68.7 Å². The molecule has 1 aromatic heterocycles. The lowest BCUT2D eigenvalue weighted by Crippen LogP contribution is -2.59. The summed E-state index contributed by atoms with van der Waals surface area (Å²) < 4.78 is 0. The number of carboxylic acids is 1. The summed E-state index contributed by atoms with van der Waals surface area (Å²) >= 11 is 0. The third-order valence-electron chi connectivity index (χ3n) is 7.21. The highest BCUT2D eigenvalue weighted by atomic mass is 16.4. The predicted molar refractivity (Wildman–Crippen MR) is 183 cm³/mol. The Morgan fingerprint density at radius 1 is 0.740 bits per heavy atom. The van der Waals surface area contributed by atoms with Crippen molar-refractivity contribution in [3.8, 4) is 0 Å². The van der Waals surface area contributed by atoms with Crippen LogP contribution >= 0.6 is 0 Å². The zero-order chi connectivity index (χ0) is 37.1. The molecular weight excluding hydrogens is 654 g/mol. The van der Waals surface area contributed by atoms with Gasteiger partial charge in [0.05, 0.1) is 19.0 Å². The molecule has 2 aromatic rings. The molecule has 0 aliphatic rings. The van der Waals surface area contributed by atoms with E-state index in [9.17, 15) is 34.2 Å². The van der Waals surface area contributed by atoms with Crippen LogP contribution in [0.5, 0.6) is 0 Å². The molecule has 1 heterocycles. The fraction of sp³-hybridized carbons (Fsp3) is 0.467. The minimum Gasteiger partial charge on any atom is -0.480 e. The van der Waals surface area contributed by atoms with Gasteiger partial charge in [0.2, 0.25) is 23.6 Å². The Hall–Kier alpha value is -5.76. The second kappa shape index (κ2) is 21.3. The van der Waals surface area contributed by atoms with E-state index >= 15 is 0 Å². The van der Waals surface area contributed by atoms with E-state index in [0.29, 0.717) is 17.7 Å². The number of aliphatic carboxylic acids is 1. The van der Waals surface area contributed by atoms with Crippen LogP contribution in [0.3, 0.4) is 0 Å². The summed E-state index contributed by atoms with van der Waals surface area (Å²) in [5, 5.41) is 29.6. The van der Waals surface area contributed by atoms with Crippen LogP contribution in [0.2, 0.25) is 0 Å². The number of carbonyl (C=O) groups excluding carboxylic acids is 4. The van der Waals surface area contributed by atoms with Gasteiger partial charge in [0, 0.05) is 37.8 Å². The normalized spacial score (nSPS) is 13.7. The van der Waals surface area contributed by atoms with Crippen LogP contribution in [-0.2, 0) is 36.8 Å². The first-order valence-electron chi connectivity index (χ1n) is 15.7. The fourth-order valence-electron chi connectivity index (χ4n) is 4.59. The van der Waals surface area contributed by atoms with Gasteiger partial charge in [-0.05, 0) is 31.2 Å². The molecule has 50 heavy (non-hydrogen) atoms. The number of rotatable bonds is 22. The smallest absolute Gasteiger partial charge is 0.326 e. The lowest BCUT2D eigenvalue weighted by molar-refractivity contribution is -0.142. The number of aliphatic imine (C=N–C) groups is 2. The summed E-state index contributed by atoms with van der Waals surface area (Å²) in [5.41, 5.74) is 28.4. The van der Waals surface area contributed by atoms with Crippen LogP contribution in [0.4, 0.5) is 0 Å². The maximum absolute atomic E-state index is 13.7. The number of nitrogens with one attached hydrogen (secondary N) is 5. The highest BCUT2D eigenvalue weighted by Gasteiger charge is 2.32. The Morgan fingerprint density at radius 2 is 1.28 bits per heavy atom. The molecule has 5 atom stereocenters. The molecule has 0 bridgehead atoms. The molecule has 20 heteroatoms. The quantitative estimate of drug-likeness (QED) is 0.0314. The van der Waals surface area contributed by atoms with E-state index < -0.39 is 66.4 Å². The number of amides is 4. The Balaban J connectivity index is 2.22. The minimum atomic E-state index is -1.49. The molecule has 2 rings (SSSR count). The van der Waals surface area contributed by atoms with E-state index in [2.05, 4.69) is 41.2 Å². The number of aliphatic hydroxyl groups is 1. The Kier molecular flexibility index (Phi) is 17.2. The van der Waals surface area contributed by atoms with Gasteiger partial charge in [-0.15, -0.1) is 0 Å². The van der Waals surface area contributed by atoms with Gasteiger partial charge in [0.15, 0.2) is 11.9 Å². The molecule has 0 fully saturated rings. The number of imidazole rings is 1. The van der Waals surface area contributed by atoms with Crippen LogP contribution < -0.4 is 49.9 Å². The number of aromatic amines is 1. The number of carboxylic acid groups (broad SMARTS) is 1. The number of aromatic nitrogens is 2. The number of hydrogen-bond acceptors (Lipinski definition) is 10. The number of guanidine groups is 2. The molecule has 4 amide bonds. The topological polar surface area (TPSA) is 357 Å². The molecule has 0 aliphatic carbocycles. The van der Waals surface area contributed by atoms with Crippen molar-refractivity contribution in [3.63, 3.8) is 0 Å². The van der Waals surface area contributed by atoms with Crippen LogP contribution in [0.25, 0.3) is 0 Å². The molecule has 0 saturated heterocycles. The van der Waals surface area contributed by atoms with Crippen LogP contribution in [0.1, 0.15) is 36.9 Å². The van der Waals surface area contributed by atoms with Crippen molar-refractivity contribution in [1.82, 2.24) is 31.2 Å². The third-order valence-corrected chi connectivity index (χ3v) is 7.21. The van der Waals surface area contributed by atoms with Crippen molar-refractivity contribution in [1.29, 1.82) is 0 Å². The Morgan fingerprint density at radius 3 is 1.84 bits per heavy atom. The van der Waals surface area contributed by atoms with Crippen LogP contribution in [-0.4, -0.2) is 112 Å². The molecule has 274 valence electrons. The van der Waals surface area contributed by atoms with Gasteiger partial charge in [-0.1, -0.05) is 30.3 Å². The van der Waals surface area contributed by atoms with Gasteiger partial charge in [0.25, 0.3) is 0 Å². The lowest BCUT2D eigenvalue weighted by Gasteiger charge is -2.26. The van der Waals surface area contributed by atoms with Gasteiger partial charge in [-0.25, -0.2) is 9.78 Å².